The first-order valence-corrected chi connectivity index (χ1v) is 11.2. The molecule has 0 spiro atoms. The summed E-state index contributed by atoms with van der Waals surface area (Å²) in [5.41, 5.74) is 1.46. The maximum absolute atomic E-state index is 13.3. The van der Waals surface area contributed by atoms with Gasteiger partial charge in [0.05, 0.1) is 5.56 Å². The second-order valence-electron chi connectivity index (χ2n) is 8.49. The van der Waals surface area contributed by atoms with Gasteiger partial charge in [-0.25, -0.2) is 0 Å². The average Bonchev–Trinajstić information content (AvgIpc) is 3.29. The van der Waals surface area contributed by atoms with E-state index in [-0.39, 0.29) is 17.8 Å². The fourth-order valence-electron chi connectivity index (χ4n) is 4.20. The standard InChI is InChI=1S/C25H26F3N3O2/c1-17-7-9-19(10-8-17)24(32)31(21-5-3-2-4-6-21)16-15-22-29-23(30-33-22)18-11-13-20(14-12-18)25(26,27)28/h7-14,21H,2-6,15-16H2,1H3. The smallest absolute Gasteiger partial charge is 0.339 e. The molecule has 2 aromatic carbocycles. The minimum absolute atomic E-state index is 0.00983. The van der Waals surface area contributed by atoms with Gasteiger partial charge in [0.1, 0.15) is 0 Å². The van der Waals surface area contributed by atoms with Crippen LogP contribution in [0, 0.1) is 6.92 Å². The van der Waals surface area contributed by atoms with Gasteiger partial charge in [0, 0.05) is 30.1 Å². The fraction of sp³-hybridized carbons (Fsp3) is 0.400. The van der Waals surface area contributed by atoms with Gasteiger partial charge >= 0.3 is 6.18 Å². The average molecular weight is 457 g/mol. The highest BCUT2D eigenvalue weighted by molar-refractivity contribution is 5.94. The van der Waals surface area contributed by atoms with E-state index in [4.69, 9.17) is 4.52 Å². The molecule has 0 bridgehead atoms. The van der Waals surface area contributed by atoms with Crippen molar-refractivity contribution in [1.29, 1.82) is 0 Å². The number of aryl methyl sites for hydroxylation is 1. The number of aromatic nitrogens is 2. The quantitative estimate of drug-likeness (QED) is 0.450. The van der Waals surface area contributed by atoms with E-state index in [1.165, 1.54) is 18.6 Å². The molecular formula is C25H26F3N3O2. The number of hydrogen-bond donors (Lipinski definition) is 0. The van der Waals surface area contributed by atoms with E-state index in [2.05, 4.69) is 10.1 Å². The first kappa shape index (κ1) is 23.0. The molecule has 0 atom stereocenters. The fourth-order valence-corrected chi connectivity index (χ4v) is 4.20. The van der Waals surface area contributed by atoms with E-state index in [0.29, 0.717) is 30.0 Å². The number of amides is 1. The van der Waals surface area contributed by atoms with E-state index in [0.717, 1.165) is 43.4 Å². The topological polar surface area (TPSA) is 59.2 Å². The maximum atomic E-state index is 13.3. The number of hydrogen-bond acceptors (Lipinski definition) is 4. The van der Waals surface area contributed by atoms with Gasteiger partial charge in [-0.1, -0.05) is 54.2 Å². The van der Waals surface area contributed by atoms with Crippen LogP contribution in [-0.4, -0.2) is 33.5 Å². The lowest BCUT2D eigenvalue weighted by atomic mass is 9.93. The lowest BCUT2D eigenvalue weighted by Gasteiger charge is -2.34. The van der Waals surface area contributed by atoms with Gasteiger partial charge in [-0.3, -0.25) is 4.79 Å². The Labute approximate surface area is 190 Å². The number of carbonyl (C=O) groups excluding carboxylic acids is 1. The number of rotatable bonds is 6. The Hall–Kier alpha value is -3.16. The van der Waals surface area contributed by atoms with E-state index in [9.17, 15) is 18.0 Å². The third kappa shape index (κ3) is 5.61. The van der Waals surface area contributed by atoms with Gasteiger partial charge in [-0.15, -0.1) is 0 Å². The molecule has 8 heteroatoms. The minimum Gasteiger partial charge on any atom is -0.339 e. The molecule has 0 radical (unpaired) electrons. The molecule has 1 aliphatic rings. The Balaban J connectivity index is 1.47. The molecular weight excluding hydrogens is 431 g/mol. The SMILES string of the molecule is Cc1ccc(C(=O)N(CCc2nc(-c3ccc(C(F)(F)F)cc3)no2)C2CCCCC2)cc1. The first-order chi connectivity index (χ1) is 15.8. The Bertz CT molecular complexity index is 1070. The van der Waals surface area contributed by atoms with Crippen LogP contribution in [-0.2, 0) is 12.6 Å². The summed E-state index contributed by atoms with van der Waals surface area (Å²) in [6.07, 6.45) is 1.30. The summed E-state index contributed by atoms with van der Waals surface area (Å²) < 4.78 is 43.7. The summed E-state index contributed by atoms with van der Waals surface area (Å²) in [6, 6.07) is 12.4. The van der Waals surface area contributed by atoms with Crippen LogP contribution in [0.15, 0.2) is 53.1 Å². The molecule has 33 heavy (non-hydrogen) atoms. The maximum Gasteiger partial charge on any atom is 0.416 e. The van der Waals surface area contributed by atoms with Crippen LogP contribution >= 0.6 is 0 Å². The van der Waals surface area contributed by atoms with Crippen LogP contribution in [0.1, 0.15) is 59.5 Å². The predicted octanol–water partition coefficient (Wildman–Crippen LogP) is 6.08. The number of alkyl halides is 3. The van der Waals surface area contributed by atoms with Crippen LogP contribution < -0.4 is 0 Å². The molecule has 0 N–H and O–H groups in total. The monoisotopic (exact) mass is 457 g/mol. The predicted molar refractivity (Wildman–Crippen MR) is 118 cm³/mol. The highest BCUT2D eigenvalue weighted by Crippen LogP contribution is 2.30. The van der Waals surface area contributed by atoms with E-state index >= 15 is 0 Å². The van der Waals surface area contributed by atoms with Crippen LogP contribution in [0.5, 0.6) is 0 Å². The normalized spacial score (nSPS) is 14.9. The zero-order valence-electron chi connectivity index (χ0n) is 18.4. The molecule has 3 aromatic rings. The highest BCUT2D eigenvalue weighted by atomic mass is 19.4. The third-order valence-electron chi connectivity index (χ3n) is 6.08. The van der Waals surface area contributed by atoms with Crippen molar-refractivity contribution in [2.75, 3.05) is 6.54 Å². The number of halogens is 3. The van der Waals surface area contributed by atoms with Gasteiger partial charge in [0.15, 0.2) is 0 Å². The van der Waals surface area contributed by atoms with Crippen molar-refractivity contribution in [3.8, 4) is 11.4 Å². The lowest BCUT2D eigenvalue weighted by Crippen LogP contribution is -2.42. The summed E-state index contributed by atoms with van der Waals surface area (Å²) in [5, 5.41) is 3.91. The van der Waals surface area contributed by atoms with Crippen molar-refractivity contribution < 1.29 is 22.5 Å². The van der Waals surface area contributed by atoms with Gasteiger partial charge in [-0.2, -0.15) is 18.2 Å². The highest BCUT2D eigenvalue weighted by Gasteiger charge is 2.30. The van der Waals surface area contributed by atoms with Gasteiger partial charge in [-0.05, 0) is 44.0 Å². The van der Waals surface area contributed by atoms with Crippen molar-refractivity contribution in [2.45, 2.75) is 57.7 Å². The van der Waals surface area contributed by atoms with Crippen LogP contribution in [0.4, 0.5) is 13.2 Å². The van der Waals surface area contributed by atoms with Crippen molar-refractivity contribution in [3.05, 3.63) is 71.1 Å². The minimum atomic E-state index is -4.40. The van der Waals surface area contributed by atoms with Crippen molar-refractivity contribution in [2.24, 2.45) is 0 Å². The Morgan fingerprint density at radius 1 is 1.03 bits per heavy atom. The number of nitrogens with zero attached hydrogens (tertiary/aromatic N) is 3. The Kier molecular flexibility index (Phi) is 6.81. The molecule has 1 amide bonds. The molecule has 0 unspecified atom stereocenters. The molecule has 5 nitrogen and oxygen atoms in total. The zero-order valence-corrected chi connectivity index (χ0v) is 18.4. The number of benzene rings is 2. The second kappa shape index (κ2) is 9.77. The van der Waals surface area contributed by atoms with Crippen molar-refractivity contribution in [1.82, 2.24) is 15.0 Å². The van der Waals surface area contributed by atoms with Gasteiger partial charge in [0.25, 0.3) is 5.91 Å². The molecule has 1 aromatic heterocycles. The third-order valence-corrected chi connectivity index (χ3v) is 6.08. The molecule has 0 saturated heterocycles. The van der Waals surface area contributed by atoms with Gasteiger partial charge in [0.2, 0.25) is 11.7 Å². The molecule has 4 rings (SSSR count). The van der Waals surface area contributed by atoms with E-state index in [1.54, 1.807) is 0 Å². The van der Waals surface area contributed by atoms with Crippen LogP contribution in [0.3, 0.4) is 0 Å². The second-order valence-corrected chi connectivity index (χ2v) is 8.49. The molecule has 1 fully saturated rings. The van der Waals surface area contributed by atoms with Crippen LogP contribution in [0.2, 0.25) is 0 Å². The lowest BCUT2D eigenvalue weighted by molar-refractivity contribution is -0.137. The molecule has 1 aliphatic carbocycles. The summed E-state index contributed by atoms with van der Waals surface area (Å²) in [6.45, 7) is 2.42. The number of carbonyl (C=O) groups is 1. The molecule has 0 aliphatic heterocycles. The molecule has 1 heterocycles. The molecule has 174 valence electrons. The summed E-state index contributed by atoms with van der Waals surface area (Å²) in [4.78, 5) is 19.5. The Morgan fingerprint density at radius 3 is 2.33 bits per heavy atom. The largest absolute Gasteiger partial charge is 0.416 e. The van der Waals surface area contributed by atoms with E-state index in [1.807, 2.05) is 36.1 Å². The molecule has 1 saturated carbocycles. The van der Waals surface area contributed by atoms with Crippen molar-refractivity contribution >= 4 is 5.91 Å². The summed E-state index contributed by atoms with van der Waals surface area (Å²) in [7, 11) is 0. The summed E-state index contributed by atoms with van der Waals surface area (Å²) >= 11 is 0. The first-order valence-electron chi connectivity index (χ1n) is 11.2. The van der Waals surface area contributed by atoms with Crippen molar-refractivity contribution in [3.63, 3.8) is 0 Å². The van der Waals surface area contributed by atoms with Gasteiger partial charge < -0.3 is 9.42 Å². The van der Waals surface area contributed by atoms with Crippen LogP contribution in [0.25, 0.3) is 11.4 Å². The summed E-state index contributed by atoms with van der Waals surface area (Å²) in [5.74, 6) is 0.569. The van der Waals surface area contributed by atoms with E-state index < -0.39 is 11.7 Å². The Morgan fingerprint density at radius 2 is 1.70 bits per heavy atom. The zero-order chi connectivity index (χ0) is 23.4.